The van der Waals surface area contributed by atoms with Crippen molar-refractivity contribution >= 4 is 11.9 Å². The highest BCUT2D eigenvalue weighted by Gasteiger charge is 2.29. The van der Waals surface area contributed by atoms with Crippen molar-refractivity contribution in [2.75, 3.05) is 53.0 Å². The summed E-state index contributed by atoms with van der Waals surface area (Å²) in [4.78, 5) is 30.3. The van der Waals surface area contributed by atoms with E-state index in [1.54, 1.807) is 0 Å². The van der Waals surface area contributed by atoms with Crippen molar-refractivity contribution in [3.8, 4) is 0 Å². The molecule has 1 aliphatic rings. The number of nitrogens with zero attached hydrogens (tertiary/aromatic N) is 2. The maximum Gasteiger partial charge on any atom is 0.305 e. The van der Waals surface area contributed by atoms with E-state index < -0.39 is 6.29 Å². The summed E-state index contributed by atoms with van der Waals surface area (Å²) in [7, 11) is 2.22. The number of carbonyl (C=O) groups is 2. The summed E-state index contributed by atoms with van der Waals surface area (Å²) in [5.41, 5.74) is 0.956. The number of hydrogen-bond acceptors (Lipinski definition) is 8. The zero-order valence-corrected chi connectivity index (χ0v) is 53.9. The minimum absolute atomic E-state index is 0.0242. The van der Waals surface area contributed by atoms with Gasteiger partial charge in [0, 0.05) is 18.7 Å². The van der Waals surface area contributed by atoms with Gasteiger partial charge in [0.25, 0.3) is 0 Å². The van der Waals surface area contributed by atoms with Crippen LogP contribution in [0.5, 0.6) is 0 Å². The summed E-state index contributed by atoms with van der Waals surface area (Å²) in [6.07, 6.45) is 67.8. The standard InChI is InChI=1S/C53H100N4O5.C18H34/c1-6-9-12-14-15-16-17-18-19-20-21-22-23-24-25-28-40-52(59)62-47-36-34-45-57(44-33-35-46-61-51(58)39-11-8-3)43-31-26-27-38-50-53(60)55-49(48(4)54-50)37-29-32-42-56(5)41-30-13-10-7-2;1-3-5-7-9-11-13-15-17-18-16-14-12-10-8-6-4-2/h16-17,19-20,49-51,54,58H,4,6-15,18,21-47H2,1-3,5H3,(H,55,60);13-16H,3-12,17-18H2,1-2H3/b17-16-,20-19-;15-13-,16-14-. The second kappa shape index (κ2) is 62.3. The molecule has 1 rings (SSSR count). The number of unbranched alkanes of at least 4 members (excludes halogenated alkanes) is 27. The minimum atomic E-state index is -0.653. The molecular weight excluding hydrogens is 989 g/mol. The van der Waals surface area contributed by atoms with Crippen molar-refractivity contribution in [3.63, 3.8) is 0 Å². The lowest BCUT2D eigenvalue weighted by Gasteiger charge is -2.33. The van der Waals surface area contributed by atoms with Crippen molar-refractivity contribution in [2.45, 2.75) is 329 Å². The lowest BCUT2D eigenvalue weighted by atomic mass is 9.99. The van der Waals surface area contributed by atoms with Gasteiger partial charge >= 0.3 is 5.97 Å². The Morgan fingerprint density at radius 1 is 0.487 bits per heavy atom. The smallest absolute Gasteiger partial charge is 0.305 e. The third kappa shape index (κ3) is 54.5. The van der Waals surface area contributed by atoms with Crippen LogP contribution in [0.25, 0.3) is 0 Å². The van der Waals surface area contributed by atoms with Gasteiger partial charge < -0.3 is 35.0 Å². The van der Waals surface area contributed by atoms with Crippen LogP contribution in [0.15, 0.2) is 60.9 Å². The number of amides is 1. The molecule has 0 radical (unpaired) electrons. The molecule has 3 atom stereocenters. The summed E-state index contributed by atoms with van der Waals surface area (Å²) in [5, 5.41) is 16.7. The van der Waals surface area contributed by atoms with Gasteiger partial charge in [0.1, 0.15) is 6.04 Å². The highest BCUT2D eigenvalue weighted by molar-refractivity contribution is 5.83. The molecule has 0 aliphatic carbocycles. The molecule has 0 aromatic carbocycles. The van der Waals surface area contributed by atoms with Crippen molar-refractivity contribution < 1.29 is 24.2 Å². The van der Waals surface area contributed by atoms with Gasteiger partial charge in [-0.15, -0.1) is 0 Å². The van der Waals surface area contributed by atoms with Crippen LogP contribution in [0.1, 0.15) is 311 Å². The highest BCUT2D eigenvalue weighted by Crippen LogP contribution is 2.17. The summed E-state index contributed by atoms with van der Waals surface area (Å²) in [6.45, 7) is 21.8. The number of rotatable bonds is 58. The minimum Gasteiger partial charge on any atom is -0.466 e. The first-order chi connectivity index (χ1) is 39.2. The average molecular weight is 1120 g/mol. The Morgan fingerprint density at radius 2 is 0.900 bits per heavy atom. The Hall–Kier alpha value is -2.72. The van der Waals surface area contributed by atoms with Gasteiger partial charge in [0.15, 0.2) is 6.29 Å². The van der Waals surface area contributed by atoms with Crippen molar-refractivity contribution in [1.29, 1.82) is 0 Å². The number of esters is 1. The first-order valence-corrected chi connectivity index (χ1v) is 34.4. The number of hydrogen-bond donors (Lipinski definition) is 3. The predicted molar refractivity (Wildman–Crippen MR) is 348 cm³/mol. The van der Waals surface area contributed by atoms with E-state index in [2.05, 4.69) is 117 Å². The maximum absolute atomic E-state index is 13.0. The summed E-state index contributed by atoms with van der Waals surface area (Å²) in [5.74, 6) is 0.0532. The van der Waals surface area contributed by atoms with E-state index in [-0.39, 0.29) is 24.0 Å². The summed E-state index contributed by atoms with van der Waals surface area (Å²) in [6, 6.07) is -0.171. The van der Waals surface area contributed by atoms with E-state index >= 15 is 0 Å². The molecule has 0 saturated carbocycles. The topological polar surface area (TPSA) is 103 Å². The first-order valence-electron chi connectivity index (χ1n) is 34.4. The van der Waals surface area contributed by atoms with Gasteiger partial charge in [0.2, 0.25) is 5.91 Å². The molecular formula is C71H134N4O5. The number of nitrogens with one attached hydrogen (secondary N) is 2. The molecule has 1 amide bonds. The van der Waals surface area contributed by atoms with Crippen LogP contribution in [0.2, 0.25) is 0 Å². The molecule has 9 heteroatoms. The molecule has 80 heavy (non-hydrogen) atoms. The molecule has 0 spiro atoms. The predicted octanol–water partition coefficient (Wildman–Crippen LogP) is 19.2. The van der Waals surface area contributed by atoms with Crippen LogP contribution in [-0.2, 0) is 19.1 Å². The Kier molecular flexibility index (Phi) is 60.2. The molecule has 0 bridgehead atoms. The van der Waals surface area contributed by atoms with Crippen molar-refractivity contribution in [2.24, 2.45) is 0 Å². The van der Waals surface area contributed by atoms with E-state index in [1.807, 2.05) is 0 Å². The molecule has 9 nitrogen and oxygen atoms in total. The van der Waals surface area contributed by atoms with Gasteiger partial charge in [-0.1, -0.05) is 205 Å². The molecule has 1 fully saturated rings. The molecule has 0 aromatic rings. The Labute approximate surface area is 497 Å². The van der Waals surface area contributed by atoms with Crippen LogP contribution in [0.3, 0.4) is 0 Å². The Bertz CT molecular complexity index is 1440. The summed E-state index contributed by atoms with van der Waals surface area (Å²) < 4.78 is 11.2. The fourth-order valence-corrected chi connectivity index (χ4v) is 10.2. The third-order valence-corrected chi connectivity index (χ3v) is 15.5. The Morgan fingerprint density at radius 3 is 1.46 bits per heavy atom. The zero-order chi connectivity index (χ0) is 58.5. The van der Waals surface area contributed by atoms with Crippen molar-refractivity contribution in [1.82, 2.24) is 20.4 Å². The lowest BCUT2D eigenvalue weighted by Crippen LogP contribution is -2.56. The molecule has 3 N–H and O–H groups in total. The number of carbonyl (C=O) groups excluding carboxylic acids is 2. The van der Waals surface area contributed by atoms with Crippen molar-refractivity contribution in [3.05, 3.63) is 60.9 Å². The molecule has 1 saturated heterocycles. The fourth-order valence-electron chi connectivity index (χ4n) is 10.2. The lowest BCUT2D eigenvalue weighted by molar-refractivity contribution is -0.144. The number of ether oxygens (including phenoxy) is 2. The molecule has 1 aliphatic heterocycles. The molecule has 1 heterocycles. The van der Waals surface area contributed by atoms with Crippen LogP contribution in [0, 0.1) is 0 Å². The number of aliphatic hydroxyl groups excluding tert-OH is 1. The van der Waals surface area contributed by atoms with Gasteiger partial charge in [-0.3, -0.25) is 9.59 Å². The van der Waals surface area contributed by atoms with Gasteiger partial charge in [-0.2, -0.15) is 0 Å². The van der Waals surface area contributed by atoms with Crippen LogP contribution < -0.4 is 10.6 Å². The molecule has 468 valence electrons. The zero-order valence-electron chi connectivity index (χ0n) is 53.9. The van der Waals surface area contributed by atoms with Crippen LogP contribution in [-0.4, -0.2) is 98.1 Å². The SMILES string of the molecule is C=C1NC(CCCCCN(CCCCOC(=O)CCCCCCC/C=C\C/C=C\CCCCCC)CCCCOC(O)CCCC)C(=O)NC1CCCCN(C)CCCCCC.CCCCCC/C=C\CC/C=C\CCCCCC. The number of allylic oxidation sites excluding steroid dienone is 8. The second-order valence-corrected chi connectivity index (χ2v) is 23.5. The van der Waals surface area contributed by atoms with Gasteiger partial charge in [-0.05, 0) is 194 Å². The van der Waals surface area contributed by atoms with Gasteiger partial charge in [-0.25, -0.2) is 0 Å². The number of piperazine rings is 1. The quantitative estimate of drug-likeness (QED) is 0.0240. The van der Waals surface area contributed by atoms with E-state index in [1.165, 1.54) is 161 Å². The van der Waals surface area contributed by atoms with E-state index in [9.17, 15) is 14.7 Å². The first kappa shape index (κ1) is 77.3. The molecule has 0 aromatic heterocycles. The van der Waals surface area contributed by atoms with Crippen LogP contribution in [0.4, 0.5) is 0 Å². The van der Waals surface area contributed by atoms with E-state index in [0.29, 0.717) is 26.1 Å². The van der Waals surface area contributed by atoms with E-state index in [4.69, 9.17) is 9.47 Å². The maximum atomic E-state index is 13.0. The van der Waals surface area contributed by atoms with Crippen LogP contribution >= 0.6 is 0 Å². The van der Waals surface area contributed by atoms with Gasteiger partial charge in [0.05, 0.1) is 12.6 Å². The Balaban J connectivity index is 0.00000294. The second-order valence-electron chi connectivity index (χ2n) is 23.5. The normalized spacial score (nSPS) is 15.3. The number of aliphatic hydroxyl groups is 1. The monoisotopic (exact) mass is 1120 g/mol. The third-order valence-electron chi connectivity index (χ3n) is 15.5. The average Bonchev–Trinajstić information content (AvgIpc) is 3.48. The largest absolute Gasteiger partial charge is 0.466 e. The molecule has 3 unspecified atom stereocenters. The highest BCUT2D eigenvalue weighted by atomic mass is 16.6. The summed E-state index contributed by atoms with van der Waals surface area (Å²) >= 11 is 0. The fraction of sp³-hybridized carbons (Fsp3) is 0.831. The van der Waals surface area contributed by atoms with E-state index in [0.717, 1.165) is 141 Å².